The third-order valence-electron chi connectivity index (χ3n) is 10.6. The van der Waals surface area contributed by atoms with Crippen LogP contribution in [0.2, 0.25) is 0 Å². The van der Waals surface area contributed by atoms with Gasteiger partial charge in [0.2, 0.25) is 0 Å². The average Bonchev–Trinajstić information content (AvgIpc) is 3.70. The molecule has 5 rings (SSSR count). The fourth-order valence-corrected chi connectivity index (χ4v) is 8.07. The molecule has 4 bridgehead atoms. The molecule has 4 atom stereocenters. The number of ether oxygens (including phenoxy) is 2. The largest absolute Gasteiger partial charge is 0.481 e. The van der Waals surface area contributed by atoms with Gasteiger partial charge in [-0.1, -0.05) is 19.6 Å². The van der Waals surface area contributed by atoms with Crippen LogP contribution in [-0.2, 0) is 43.1 Å². The maximum Gasteiger partial charge on any atom is 0.411 e. The van der Waals surface area contributed by atoms with Crippen molar-refractivity contribution in [1.82, 2.24) is 14.9 Å². The van der Waals surface area contributed by atoms with Gasteiger partial charge in [-0.15, -0.1) is 5.06 Å². The third-order valence-corrected chi connectivity index (χ3v) is 10.6. The third kappa shape index (κ3) is 13.5. The number of rotatable bonds is 13. The summed E-state index contributed by atoms with van der Waals surface area (Å²) >= 11 is 0. The number of amides is 4. The number of imide groups is 1. The van der Waals surface area contributed by atoms with Crippen LogP contribution in [0, 0.1) is 0 Å². The molecule has 0 aromatic rings. The number of Topliss-reactive ketones (excluding diaryl/α,β-unsaturated/α-hetero) is 2. The molecule has 5 heterocycles. The maximum atomic E-state index is 12.9. The van der Waals surface area contributed by atoms with E-state index < -0.39 is 35.0 Å². The Morgan fingerprint density at radius 3 is 1.41 bits per heavy atom. The molecule has 58 heavy (non-hydrogen) atoms. The van der Waals surface area contributed by atoms with Crippen LogP contribution in [0.5, 0.6) is 0 Å². The van der Waals surface area contributed by atoms with Gasteiger partial charge in [0.25, 0.3) is 11.8 Å². The number of carbonyl (C=O) groups is 8. The number of carboxylic acid groups (broad SMARTS) is 1. The minimum atomic E-state index is -0.837. The molecule has 324 valence electrons. The zero-order valence-electron chi connectivity index (χ0n) is 34.5. The monoisotopic (exact) mass is 815 g/mol. The molecule has 15 nitrogen and oxygen atoms in total. The number of hydroxylamine groups is 2. The summed E-state index contributed by atoms with van der Waals surface area (Å²) in [5, 5.41) is 9.22. The van der Waals surface area contributed by atoms with Crippen LogP contribution in [0.15, 0.2) is 23.3 Å². The van der Waals surface area contributed by atoms with E-state index in [0.29, 0.717) is 48.3 Å². The summed E-state index contributed by atoms with van der Waals surface area (Å²) in [6.07, 6.45) is 12.4. The number of ketones is 2. The highest BCUT2D eigenvalue weighted by Gasteiger charge is 2.44. The minimum Gasteiger partial charge on any atom is -0.481 e. The summed E-state index contributed by atoms with van der Waals surface area (Å²) < 4.78 is 11.1. The number of fused-ring (bicyclic) bond motifs is 4. The second kappa shape index (κ2) is 20.9. The molecule has 5 aliphatic rings. The average molecular weight is 816 g/mol. The maximum absolute atomic E-state index is 12.9. The number of aliphatic carboxylic acids is 1. The lowest BCUT2D eigenvalue weighted by molar-refractivity contribution is -0.197. The van der Waals surface area contributed by atoms with Crippen LogP contribution >= 0.6 is 0 Å². The summed E-state index contributed by atoms with van der Waals surface area (Å²) in [4.78, 5) is 105. The number of carbonyl (C=O) groups excluding carboxylic acids is 7. The van der Waals surface area contributed by atoms with Gasteiger partial charge in [-0.25, -0.2) is 14.4 Å². The van der Waals surface area contributed by atoms with E-state index in [9.17, 15) is 38.4 Å². The van der Waals surface area contributed by atoms with Gasteiger partial charge in [-0.05, 0) is 119 Å². The quantitative estimate of drug-likeness (QED) is 0.142. The number of hydrogen-bond donors (Lipinski definition) is 1. The first kappa shape index (κ1) is 47.8. The Bertz CT molecular complexity index is 1600. The predicted molar refractivity (Wildman–Crippen MR) is 213 cm³/mol. The van der Waals surface area contributed by atoms with Crippen molar-refractivity contribution in [2.75, 3.05) is 0 Å². The van der Waals surface area contributed by atoms with Crippen LogP contribution in [0.4, 0.5) is 9.59 Å². The van der Waals surface area contributed by atoms with Crippen molar-refractivity contribution < 1.29 is 57.8 Å². The summed E-state index contributed by atoms with van der Waals surface area (Å²) in [5.41, 5.74) is 0.205. The molecule has 3 saturated heterocycles. The lowest BCUT2D eigenvalue weighted by Gasteiger charge is -2.32. The molecule has 0 spiro atoms. The van der Waals surface area contributed by atoms with Crippen molar-refractivity contribution in [3.8, 4) is 0 Å². The summed E-state index contributed by atoms with van der Waals surface area (Å²) in [5.74, 6) is -2.51. The summed E-state index contributed by atoms with van der Waals surface area (Å²) in [6.45, 7) is 11.0. The Morgan fingerprint density at radius 1 is 0.621 bits per heavy atom. The van der Waals surface area contributed by atoms with Gasteiger partial charge in [0.15, 0.2) is 11.6 Å². The molecule has 1 N–H and O–H groups in total. The predicted octanol–water partition coefficient (Wildman–Crippen LogP) is 7.54. The highest BCUT2D eigenvalue weighted by Crippen LogP contribution is 2.38. The van der Waals surface area contributed by atoms with Crippen molar-refractivity contribution in [3.05, 3.63) is 23.3 Å². The lowest BCUT2D eigenvalue weighted by atomic mass is 9.94. The highest BCUT2D eigenvalue weighted by molar-refractivity contribution is 6.01. The van der Waals surface area contributed by atoms with Crippen LogP contribution in [0.1, 0.15) is 165 Å². The first-order valence-corrected chi connectivity index (χ1v) is 20.5. The van der Waals surface area contributed by atoms with Crippen molar-refractivity contribution in [2.45, 2.75) is 200 Å². The Morgan fingerprint density at radius 2 is 1.02 bits per heavy atom. The van der Waals surface area contributed by atoms with Crippen molar-refractivity contribution in [2.24, 2.45) is 0 Å². The molecular formula is C43H65N3O12. The van der Waals surface area contributed by atoms with Gasteiger partial charge in [0, 0.05) is 61.8 Å². The van der Waals surface area contributed by atoms with E-state index in [1.807, 2.05) is 53.7 Å². The zero-order valence-corrected chi connectivity index (χ0v) is 34.5. The van der Waals surface area contributed by atoms with Crippen LogP contribution in [0.25, 0.3) is 0 Å². The topological polar surface area (TPSA) is 194 Å². The molecule has 4 amide bonds. The molecule has 0 aromatic heterocycles. The number of nitrogens with zero attached hydrogens (tertiary/aromatic N) is 3. The number of carboxylic acids is 1. The first-order valence-electron chi connectivity index (χ1n) is 20.5. The van der Waals surface area contributed by atoms with E-state index >= 15 is 0 Å². The number of unbranched alkanes of at least 4 members (excludes halogenated alkanes) is 2. The van der Waals surface area contributed by atoms with Gasteiger partial charge in [-0.3, -0.25) is 33.8 Å². The molecule has 2 unspecified atom stereocenters. The SMILES string of the molecule is C.CC(C)(C)OC(=O)N1C2CC[C@@H]1CCC=C2C(=O)CCCCC(=O)O.CC(C)(C)OC(=O)N1C2CC[C@@H]1CCC=C2C(=O)CCCCC(=O)ON1C(=O)CCC1=O. The molecule has 15 heteroatoms. The molecule has 0 radical (unpaired) electrons. The molecule has 0 aromatic carbocycles. The van der Waals surface area contributed by atoms with E-state index in [1.165, 1.54) is 0 Å². The number of hydrogen-bond acceptors (Lipinski definition) is 11. The molecule has 5 aliphatic heterocycles. The fourth-order valence-electron chi connectivity index (χ4n) is 8.07. The molecule has 0 aliphatic carbocycles. The van der Waals surface area contributed by atoms with Gasteiger partial charge in [0.1, 0.15) is 11.2 Å². The molecule has 0 saturated carbocycles. The van der Waals surface area contributed by atoms with Gasteiger partial charge < -0.3 is 19.4 Å². The van der Waals surface area contributed by atoms with E-state index in [2.05, 4.69) is 0 Å². The highest BCUT2D eigenvalue weighted by atomic mass is 16.7. The first-order chi connectivity index (χ1) is 26.8. The van der Waals surface area contributed by atoms with Crippen LogP contribution < -0.4 is 0 Å². The zero-order chi connectivity index (χ0) is 42.1. The Balaban J connectivity index is 0.000000314. The Hall–Kier alpha value is -4.56. The van der Waals surface area contributed by atoms with Crippen molar-refractivity contribution in [3.63, 3.8) is 0 Å². The second-order valence-electron chi connectivity index (χ2n) is 17.4. The summed E-state index contributed by atoms with van der Waals surface area (Å²) in [6, 6.07) is -0.244. The number of allylic oxidation sites excluding steroid dienone is 2. The molecule has 3 fully saturated rings. The van der Waals surface area contributed by atoms with Crippen LogP contribution in [0.3, 0.4) is 0 Å². The van der Waals surface area contributed by atoms with Gasteiger partial charge in [-0.2, -0.15) is 0 Å². The smallest absolute Gasteiger partial charge is 0.411 e. The van der Waals surface area contributed by atoms with Crippen LogP contribution in [-0.4, -0.2) is 103 Å². The van der Waals surface area contributed by atoms with E-state index in [0.717, 1.165) is 51.4 Å². The second-order valence-corrected chi connectivity index (χ2v) is 17.4. The molecular weight excluding hydrogens is 750 g/mol. The Labute approximate surface area is 342 Å². The van der Waals surface area contributed by atoms with Gasteiger partial charge >= 0.3 is 24.1 Å². The van der Waals surface area contributed by atoms with E-state index in [4.69, 9.17) is 19.4 Å². The van der Waals surface area contributed by atoms with E-state index in [-0.39, 0.29) is 87.5 Å². The standard InChI is InChI=1S/C23H32N2O7.C19H29NO5.CH4/c1-23(2,3)31-22(30)24-15-7-6-8-16(17(24)12-11-15)18(26)9-4-5-10-21(29)32-25-19(27)13-14-20(25)28;1-19(2,3)25-18(24)20-13-7-6-8-14(15(20)12-11-13)16(21)9-4-5-10-17(22)23;/h8,15,17H,4-7,9-14H2,1-3H3;8,13,15H,4-7,9-12H2,1-3H3,(H,22,23);1H4/t15-,17?;13-,15?;/m00./s1. The van der Waals surface area contributed by atoms with Gasteiger partial charge in [0.05, 0.1) is 12.1 Å². The fraction of sp³-hybridized carbons (Fsp3) is 0.721. The normalized spacial score (nSPS) is 22.7. The summed E-state index contributed by atoms with van der Waals surface area (Å²) in [7, 11) is 0. The van der Waals surface area contributed by atoms with E-state index in [1.54, 1.807) is 9.80 Å². The lowest BCUT2D eigenvalue weighted by Crippen LogP contribution is -2.45. The van der Waals surface area contributed by atoms with Crippen molar-refractivity contribution >= 4 is 47.5 Å². The minimum absolute atomic E-state index is 0. The van der Waals surface area contributed by atoms with Crippen molar-refractivity contribution in [1.29, 1.82) is 0 Å². The Kier molecular flexibility index (Phi) is 17.2.